The molecule has 0 aliphatic carbocycles. The van der Waals surface area contributed by atoms with Crippen LogP contribution in [0, 0.1) is 6.92 Å². The van der Waals surface area contributed by atoms with Crippen LogP contribution in [-0.4, -0.2) is 14.4 Å². The van der Waals surface area contributed by atoms with Crippen LogP contribution in [0.15, 0.2) is 30.5 Å². The summed E-state index contributed by atoms with van der Waals surface area (Å²) in [5, 5.41) is 0. The largest absolute Gasteiger partial charge is 0.342 e. The second kappa shape index (κ2) is 2.13. The summed E-state index contributed by atoms with van der Waals surface area (Å²) in [6, 6.07) is 8.11. The van der Waals surface area contributed by atoms with Gasteiger partial charge < -0.3 is 4.98 Å². The van der Waals surface area contributed by atoms with Crippen LogP contribution < -0.4 is 0 Å². The summed E-state index contributed by atoms with van der Waals surface area (Å²) in [7, 11) is 0. The van der Waals surface area contributed by atoms with E-state index >= 15 is 0 Å². The highest BCUT2D eigenvalue weighted by Gasteiger charge is 2.04. The molecule has 64 valence electrons. The number of aromatic amines is 1. The lowest BCUT2D eigenvalue weighted by Gasteiger charge is -1.90. The number of pyridine rings is 1. The van der Waals surface area contributed by atoms with Crippen molar-refractivity contribution in [1.29, 1.82) is 0 Å². The molecule has 0 unspecified atom stereocenters. The molecule has 0 aromatic carbocycles. The minimum Gasteiger partial charge on any atom is -0.342 e. The van der Waals surface area contributed by atoms with Crippen molar-refractivity contribution >= 4 is 16.8 Å². The van der Waals surface area contributed by atoms with E-state index in [1.807, 2.05) is 31.3 Å². The van der Waals surface area contributed by atoms with Gasteiger partial charge in [-0.15, -0.1) is 0 Å². The molecule has 0 bridgehead atoms. The number of aromatic nitrogens is 3. The topological polar surface area (TPSA) is 33.1 Å². The van der Waals surface area contributed by atoms with E-state index in [0.717, 1.165) is 22.5 Å². The number of nitrogens with zero attached hydrogens (tertiary/aromatic N) is 2. The van der Waals surface area contributed by atoms with Gasteiger partial charge in [0.1, 0.15) is 5.65 Å². The van der Waals surface area contributed by atoms with Gasteiger partial charge in [-0.2, -0.15) is 0 Å². The maximum Gasteiger partial charge on any atom is 0.157 e. The van der Waals surface area contributed by atoms with Gasteiger partial charge in [-0.3, -0.25) is 4.40 Å². The molecule has 0 spiro atoms. The molecular formula is C10H9N3. The van der Waals surface area contributed by atoms with Crippen LogP contribution in [0.5, 0.6) is 0 Å². The molecule has 0 fully saturated rings. The van der Waals surface area contributed by atoms with Crippen molar-refractivity contribution in [2.45, 2.75) is 6.92 Å². The number of rotatable bonds is 0. The monoisotopic (exact) mass is 171 g/mol. The molecule has 0 radical (unpaired) electrons. The number of H-pyrrole nitrogens is 1. The number of imidazole rings is 1. The summed E-state index contributed by atoms with van der Waals surface area (Å²) >= 11 is 0. The Morgan fingerprint density at radius 3 is 3.23 bits per heavy atom. The Morgan fingerprint density at radius 1 is 1.38 bits per heavy atom. The van der Waals surface area contributed by atoms with E-state index in [1.54, 1.807) is 0 Å². The Morgan fingerprint density at radius 2 is 2.31 bits per heavy atom. The molecule has 0 saturated heterocycles. The van der Waals surface area contributed by atoms with E-state index < -0.39 is 0 Å². The molecule has 13 heavy (non-hydrogen) atoms. The first-order valence-electron chi connectivity index (χ1n) is 4.27. The van der Waals surface area contributed by atoms with Crippen LogP contribution in [0.2, 0.25) is 0 Å². The lowest BCUT2D eigenvalue weighted by atomic mass is 10.4. The van der Waals surface area contributed by atoms with Gasteiger partial charge in [0.15, 0.2) is 5.65 Å². The van der Waals surface area contributed by atoms with Crippen molar-refractivity contribution < 1.29 is 0 Å². The predicted octanol–water partition coefficient (Wildman–Crippen LogP) is 2.12. The Balaban J connectivity index is 2.60. The number of nitrogens with one attached hydrogen (secondary N) is 1. The fourth-order valence-electron chi connectivity index (χ4n) is 1.67. The highest BCUT2D eigenvalue weighted by Crippen LogP contribution is 2.16. The molecule has 3 heterocycles. The third kappa shape index (κ3) is 0.811. The molecule has 0 saturated carbocycles. The number of hydrogen-bond donors (Lipinski definition) is 1. The van der Waals surface area contributed by atoms with E-state index in [1.165, 1.54) is 0 Å². The molecule has 3 aromatic rings. The zero-order chi connectivity index (χ0) is 8.84. The summed E-state index contributed by atoms with van der Waals surface area (Å²) in [5.41, 5.74) is 4.25. The van der Waals surface area contributed by atoms with Crippen LogP contribution in [0.1, 0.15) is 5.69 Å². The molecule has 3 rings (SSSR count). The number of hydrogen-bond acceptors (Lipinski definition) is 1. The first kappa shape index (κ1) is 6.71. The van der Waals surface area contributed by atoms with Gasteiger partial charge in [0.25, 0.3) is 0 Å². The number of fused-ring (bicyclic) bond motifs is 3. The predicted molar refractivity (Wildman–Crippen MR) is 51.8 cm³/mol. The first-order chi connectivity index (χ1) is 6.34. The SMILES string of the molecule is Cc1cc2c(nc3ccccn32)[nH]1. The summed E-state index contributed by atoms with van der Waals surface area (Å²) in [4.78, 5) is 7.66. The molecule has 0 aliphatic heterocycles. The standard InChI is InChI=1S/C10H9N3/c1-7-6-8-10(11-7)12-9-4-2-3-5-13(8)9/h2-6,11H,1H3. The Kier molecular flexibility index (Phi) is 1.10. The van der Waals surface area contributed by atoms with Crippen molar-refractivity contribution in [3.63, 3.8) is 0 Å². The molecule has 1 N–H and O–H groups in total. The average Bonchev–Trinajstić information content (AvgIpc) is 2.60. The summed E-state index contributed by atoms with van der Waals surface area (Å²) in [6.07, 6.45) is 2.03. The van der Waals surface area contributed by atoms with Gasteiger partial charge in [0.05, 0.1) is 5.52 Å². The minimum absolute atomic E-state index is 0.962. The normalized spacial score (nSPS) is 11.5. The van der Waals surface area contributed by atoms with E-state index in [0.29, 0.717) is 0 Å². The Bertz CT molecular complexity index is 574. The Hall–Kier alpha value is -1.77. The van der Waals surface area contributed by atoms with Gasteiger partial charge in [-0.1, -0.05) is 6.07 Å². The van der Waals surface area contributed by atoms with Crippen LogP contribution in [-0.2, 0) is 0 Å². The van der Waals surface area contributed by atoms with Crippen molar-refractivity contribution in [3.8, 4) is 0 Å². The van der Waals surface area contributed by atoms with Crippen molar-refractivity contribution in [2.75, 3.05) is 0 Å². The third-order valence-electron chi connectivity index (χ3n) is 2.24. The molecule has 3 heteroatoms. The molecular weight excluding hydrogens is 162 g/mol. The van der Waals surface area contributed by atoms with E-state index in [-0.39, 0.29) is 0 Å². The Labute approximate surface area is 75.0 Å². The van der Waals surface area contributed by atoms with Gasteiger partial charge in [-0.25, -0.2) is 4.98 Å². The fraction of sp³-hybridized carbons (Fsp3) is 0.100. The van der Waals surface area contributed by atoms with Crippen LogP contribution >= 0.6 is 0 Å². The van der Waals surface area contributed by atoms with Gasteiger partial charge in [0.2, 0.25) is 0 Å². The molecule has 3 nitrogen and oxygen atoms in total. The molecule has 3 aromatic heterocycles. The van der Waals surface area contributed by atoms with E-state index in [9.17, 15) is 0 Å². The molecule has 0 amide bonds. The second-order valence-electron chi connectivity index (χ2n) is 3.23. The third-order valence-corrected chi connectivity index (χ3v) is 2.24. The molecule has 0 atom stereocenters. The van der Waals surface area contributed by atoms with Crippen LogP contribution in [0.25, 0.3) is 16.8 Å². The van der Waals surface area contributed by atoms with Gasteiger partial charge >= 0.3 is 0 Å². The highest BCUT2D eigenvalue weighted by atomic mass is 15.0. The smallest absolute Gasteiger partial charge is 0.157 e. The first-order valence-corrected chi connectivity index (χ1v) is 4.27. The van der Waals surface area contributed by atoms with Crippen molar-refractivity contribution in [2.24, 2.45) is 0 Å². The van der Waals surface area contributed by atoms with Crippen molar-refractivity contribution in [3.05, 3.63) is 36.2 Å². The maximum atomic E-state index is 4.44. The summed E-state index contributed by atoms with van der Waals surface area (Å²) < 4.78 is 2.08. The maximum absolute atomic E-state index is 4.44. The van der Waals surface area contributed by atoms with E-state index in [4.69, 9.17) is 0 Å². The number of aryl methyl sites for hydroxylation is 1. The quantitative estimate of drug-likeness (QED) is 0.552. The zero-order valence-electron chi connectivity index (χ0n) is 7.28. The van der Waals surface area contributed by atoms with Crippen LogP contribution in [0.3, 0.4) is 0 Å². The summed E-state index contributed by atoms with van der Waals surface area (Å²) in [5.74, 6) is 0. The molecule has 0 aliphatic rings. The highest BCUT2D eigenvalue weighted by molar-refractivity contribution is 5.78. The lowest BCUT2D eigenvalue weighted by molar-refractivity contribution is 1.21. The zero-order valence-corrected chi connectivity index (χ0v) is 7.28. The van der Waals surface area contributed by atoms with E-state index in [2.05, 4.69) is 20.4 Å². The fourth-order valence-corrected chi connectivity index (χ4v) is 1.67. The summed E-state index contributed by atoms with van der Waals surface area (Å²) in [6.45, 7) is 2.04. The van der Waals surface area contributed by atoms with Crippen LogP contribution in [0.4, 0.5) is 0 Å². The minimum atomic E-state index is 0.962. The van der Waals surface area contributed by atoms with Gasteiger partial charge in [-0.05, 0) is 25.1 Å². The average molecular weight is 171 g/mol. The second-order valence-corrected chi connectivity index (χ2v) is 3.23. The van der Waals surface area contributed by atoms with Crippen molar-refractivity contribution in [1.82, 2.24) is 14.4 Å². The van der Waals surface area contributed by atoms with Gasteiger partial charge in [0, 0.05) is 11.9 Å². The lowest BCUT2D eigenvalue weighted by Crippen LogP contribution is -1.80.